The van der Waals surface area contributed by atoms with Crippen molar-refractivity contribution in [3.63, 3.8) is 0 Å². The van der Waals surface area contributed by atoms with E-state index in [2.05, 4.69) is 72.0 Å². The Kier molecular flexibility index (Phi) is 24.1. The quantitative estimate of drug-likeness (QED) is 0.149. The molecule has 0 saturated heterocycles. The second-order valence-corrected chi connectivity index (χ2v) is 10.3. The largest absolute Gasteiger partial charge is 1.00 e. The molecule has 0 aromatic carbocycles. The van der Waals surface area contributed by atoms with Gasteiger partial charge in [-0.3, -0.25) is 0 Å². The topological polar surface area (TPSA) is 7.76 Å². The standard InChI is InChI=1S/C32H54N2.2BrH/c1-3-5-6-7-8-9-10-11-12-13-14-15-16-17-18-19-20-21-26-34-29-24-32(25-30-34)31-22-27-33(4-2)28-23-31;;/h22-25,27-30H,3-21,26H2,1-2H3;2*1H/q+2;;/p-2. The van der Waals surface area contributed by atoms with Crippen molar-refractivity contribution in [3.05, 3.63) is 49.1 Å². The first-order chi connectivity index (χ1) is 16.8. The normalized spacial score (nSPS) is 10.6. The molecule has 0 aliphatic rings. The van der Waals surface area contributed by atoms with Crippen molar-refractivity contribution in [1.29, 1.82) is 0 Å². The van der Waals surface area contributed by atoms with E-state index in [4.69, 9.17) is 0 Å². The zero-order valence-electron chi connectivity index (χ0n) is 23.4. The maximum atomic E-state index is 2.34. The van der Waals surface area contributed by atoms with Crippen molar-refractivity contribution in [2.75, 3.05) is 0 Å². The first kappa shape index (κ1) is 35.3. The third-order valence-corrected chi connectivity index (χ3v) is 7.25. The van der Waals surface area contributed by atoms with E-state index in [9.17, 15) is 0 Å². The van der Waals surface area contributed by atoms with E-state index in [1.54, 1.807) is 0 Å². The van der Waals surface area contributed by atoms with Crippen LogP contribution in [-0.2, 0) is 13.1 Å². The Morgan fingerprint density at radius 3 is 1.06 bits per heavy atom. The second-order valence-electron chi connectivity index (χ2n) is 10.3. The summed E-state index contributed by atoms with van der Waals surface area (Å²) >= 11 is 0. The van der Waals surface area contributed by atoms with E-state index in [-0.39, 0.29) is 34.0 Å². The minimum absolute atomic E-state index is 0. The summed E-state index contributed by atoms with van der Waals surface area (Å²) in [7, 11) is 0. The number of hydrogen-bond donors (Lipinski definition) is 0. The average Bonchev–Trinajstić information content (AvgIpc) is 2.88. The lowest BCUT2D eigenvalue weighted by atomic mass is 10.0. The fourth-order valence-corrected chi connectivity index (χ4v) is 4.86. The van der Waals surface area contributed by atoms with Gasteiger partial charge in [0.05, 0.1) is 0 Å². The summed E-state index contributed by atoms with van der Waals surface area (Å²) in [5, 5.41) is 0. The fourth-order valence-electron chi connectivity index (χ4n) is 4.86. The van der Waals surface area contributed by atoms with Crippen LogP contribution in [0.1, 0.15) is 129 Å². The van der Waals surface area contributed by atoms with Gasteiger partial charge in [-0.25, -0.2) is 9.13 Å². The zero-order chi connectivity index (χ0) is 24.1. The average molecular weight is 627 g/mol. The summed E-state index contributed by atoms with van der Waals surface area (Å²) < 4.78 is 4.54. The molecule has 2 rings (SSSR count). The zero-order valence-corrected chi connectivity index (χ0v) is 26.6. The maximum absolute atomic E-state index is 2.34. The van der Waals surface area contributed by atoms with Crippen LogP contribution in [0, 0.1) is 0 Å². The minimum atomic E-state index is 0. The maximum Gasteiger partial charge on any atom is 0.169 e. The van der Waals surface area contributed by atoms with E-state index in [0.29, 0.717) is 0 Å². The third kappa shape index (κ3) is 16.9. The summed E-state index contributed by atoms with van der Waals surface area (Å²) in [4.78, 5) is 0. The highest BCUT2D eigenvalue weighted by atomic mass is 79.9. The van der Waals surface area contributed by atoms with Crippen molar-refractivity contribution in [3.8, 4) is 11.1 Å². The van der Waals surface area contributed by atoms with E-state index in [1.165, 1.54) is 127 Å². The van der Waals surface area contributed by atoms with Crippen LogP contribution < -0.4 is 43.1 Å². The molecule has 0 amide bonds. The monoisotopic (exact) mass is 624 g/mol. The van der Waals surface area contributed by atoms with Gasteiger partial charge in [0, 0.05) is 30.7 Å². The van der Waals surface area contributed by atoms with Gasteiger partial charge in [0.2, 0.25) is 0 Å². The molecular formula is C32H54Br2N2. The Bertz CT molecular complexity index is 716. The SMILES string of the molecule is CCCCCCCCCCCCCCCCCCCC[n+]1ccc(-c2cc[n+](CC)cc2)cc1.[Br-].[Br-]. The number of pyridine rings is 2. The van der Waals surface area contributed by atoms with Gasteiger partial charge in [0.15, 0.2) is 24.8 Å². The lowest BCUT2D eigenvalue weighted by Crippen LogP contribution is -3.00. The molecule has 2 nitrogen and oxygen atoms in total. The van der Waals surface area contributed by atoms with Crippen molar-refractivity contribution in [2.45, 2.75) is 143 Å². The van der Waals surface area contributed by atoms with Gasteiger partial charge in [-0.05, 0) is 24.5 Å². The number of hydrogen-bond acceptors (Lipinski definition) is 0. The van der Waals surface area contributed by atoms with Crippen molar-refractivity contribution < 1.29 is 43.1 Å². The highest BCUT2D eigenvalue weighted by Crippen LogP contribution is 2.16. The molecule has 0 N–H and O–H groups in total. The van der Waals surface area contributed by atoms with Gasteiger partial charge < -0.3 is 34.0 Å². The van der Waals surface area contributed by atoms with Crippen LogP contribution in [-0.4, -0.2) is 0 Å². The second kappa shape index (κ2) is 24.6. The molecule has 0 atom stereocenters. The fraction of sp³-hybridized carbons (Fsp3) is 0.688. The summed E-state index contributed by atoms with van der Waals surface area (Å²) in [6.07, 6.45) is 34.6. The number of halogens is 2. The summed E-state index contributed by atoms with van der Waals surface area (Å²) in [6, 6.07) is 8.92. The summed E-state index contributed by atoms with van der Waals surface area (Å²) in [6.45, 7) is 6.64. The molecule has 2 heterocycles. The molecule has 0 aliphatic carbocycles. The van der Waals surface area contributed by atoms with Gasteiger partial charge in [0.1, 0.15) is 13.1 Å². The lowest BCUT2D eigenvalue weighted by molar-refractivity contribution is -0.697. The van der Waals surface area contributed by atoms with E-state index in [1.807, 2.05) is 0 Å². The molecule has 206 valence electrons. The minimum Gasteiger partial charge on any atom is -1.00 e. The van der Waals surface area contributed by atoms with Crippen LogP contribution in [0.4, 0.5) is 0 Å². The van der Waals surface area contributed by atoms with Gasteiger partial charge in [-0.1, -0.05) is 110 Å². The van der Waals surface area contributed by atoms with Gasteiger partial charge in [-0.15, -0.1) is 0 Å². The van der Waals surface area contributed by atoms with Crippen LogP contribution in [0.25, 0.3) is 11.1 Å². The first-order valence-corrected chi connectivity index (χ1v) is 14.8. The molecule has 0 radical (unpaired) electrons. The highest BCUT2D eigenvalue weighted by molar-refractivity contribution is 5.60. The Hall–Kier alpha value is -0.740. The Labute approximate surface area is 244 Å². The molecule has 0 aliphatic heterocycles. The van der Waals surface area contributed by atoms with Crippen LogP contribution in [0.2, 0.25) is 0 Å². The number of unbranched alkanes of at least 4 members (excludes halogenated alkanes) is 17. The first-order valence-electron chi connectivity index (χ1n) is 14.8. The molecule has 0 spiro atoms. The molecule has 0 bridgehead atoms. The number of aromatic nitrogens is 2. The number of aryl methyl sites for hydroxylation is 2. The van der Waals surface area contributed by atoms with Gasteiger partial charge >= 0.3 is 0 Å². The van der Waals surface area contributed by atoms with Crippen LogP contribution in [0.15, 0.2) is 49.1 Å². The number of nitrogens with zero attached hydrogens (tertiary/aromatic N) is 2. The molecule has 2 aromatic rings. The predicted molar refractivity (Wildman–Crippen MR) is 147 cm³/mol. The van der Waals surface area contributed by atoms with E-state index < -0.39 is 0 Å². The summed E-state index contributed by atoms with van der Waals surface area (Å²) in [5.41, 5.74) is 2.60. The van der Waals surface area contributed by atoms with Crippen LogP contribution in [0.3, 0.4) is 0 Å². The molecule has 4 heteroatoms. The van der Waals surface area contributed by atoms with Crippen molar-refractivity contribution in [1.82, 2.24) is 0 Å². The molecular weight excluding hydrogens is 572 g/mol. The molecule has 0 saturated carbocycles. The molecule has 0 unspecified atom stereocenters. The Balaban J connectivity index is 0.00000612. The smallest absolute Gasteiger partial charge is 0.169 e. The Morgan fingerprint density at radius 1 is 0.417 bits per heavy atom. The lowest BCUT2D eigenvalue weighted by Gasteiger charge is -2.04. The van der Waals surface area contributed by atoms with Gasteiger partial charge in [-0.2, -0.15) is 0 Å². The predicted octanol–water partition coefficient (Wildman–Crippen LogP) is 3.00. The molecule has 0 fully saturated rings. The van der Waals surface area contributed by atoms with E-state index in [0.717, 1.165) is 13.1 Å². The number of rotatable bonds is 21. The highest BCUT2D eigenvalue weighted by Gasteiger charge is 2.05. The van der Waals surface area contributed by atoms with Crippen molar-refractivity contribution >= 4 is 0 Å². The van der Waals surface area contributed by atoms with Gasteiger partial charge in [0.25, 0.3) is 0 Å². The molecule has 2 aromatic heterocycles. The Morgan fingerprint density at radius 2 is 0.722 bits per heavy atom. The van der Waals surface area contributed by atoms with Crippen molar-refractivity contribution in [2.24, 2.45) is 0 Å². The van der Waals surface area contributed by atoms with E-state index >= 15 is 0 Å². The summed E-state index contributed by atoms with van der Waals surface area (Å²) in [5.74, 6) is 0. The van der Waals surface area contributed by atoms with Crippen LogP contribution >= 0.6 is 0 Å². The van der Waals surface area contributed by atoms with Crippen LogP contribution in [0.5, 0.6) is 0 Å². The molecule has 36 heavy (non-hydrogen) atoms. The third-order valence-electron chi connectivity index (χ3n) is 7.25.